The topological polar surface area (TPSA) is 46.5 Å². The molecule has 1 N–H and O–H groups in total. The number of hydrogen-bond acceptors (Lipinski definition) is 2. The summed E-state index contributed by atoms with van der Waals surface area (Å²) in [5.74, 6) is -1.34. The second-order valence-electron chi connectivity index (χ2n) is 3.46. The second-order valence-corrected chi connectivity index (χ2v) is 3.46. The summed E-state index contributed by atoms with van der Waals surface area (Å²) in [5, 5.41) is 8.51. The first-order valence-electron chi connectivity index (χ1n) is 4.63. The molecule has 0 fully saturated rings. The summed E-state index contributed by atoms with van der Waals surface area (Å²) in [7, 11) is 0. The fraction of sp³-hybridized carbons (Fsp3) is 0.364. The smallest absolute Gasteiger partial charge is 0.307 e. The molecule has 1 aromatic carbocycles. The number of carboxylic acids is 1. The van der Waals surface area contributed by atoms with Gasteiger partial charge in [-0.05, 0) is 31.5 Å². The molecule has 0 radical (unpaired) electrons. The highest BCUT2D eigenvalue weighted by molar-refractivity contribution is 5.67. The number of carboxylic acid groups (broad SMARTS) is 1. The maximum atomic E-state index is 13.2. The average molecular weight is 212 g/mol. The normalized spacial score (nSPS) is 12.2. The summed E-state index contributed by atoms with van der Waals surface area (Å²) in [5.41, 5.74) is 0.869. The van der Waals surface area contributed by atoms with E-state index in [0.717, 1.165) is 5.56 Å². The molecule has 0 bridgehead atoms. The third-order valence-corrected chi connectivity index (χ3v) is 1.88. The van der Waals surface area contributed by atoms with E-state index in [2.05, 4.69) is 0 Å². The minimum Gasteiger partial charge on any atom is -0.487 e. The third-order valence-electron chi connectivity index (χ3n) is 1.88. The van der Waals surface area contributed by atoms with Crippen molar-refractivity contribution < 1.29 is 19.0 Å². The Morgan fingerprint density at radius 3 is 2.87 bits per heavy atom. The quantitative estimate of drug-likeness (QED) is 0.833. The Morgan fingerprint density at radius 1 is 1.60 bits per heavy atom. The van der Waals surface area contributed by atoms with Crippen LogP contribution < -0.4 is 4.74 Å². The first-order valence-corrected chi connectivity index (χ1v) is 4.63. The van der Waals surface area contributed by atoms with Crippen LogP contribution in [0.2, 0.25) is 0 Å². The number of benzene rings is 1. The van der Waals surface area contributed by atoms with E-state index in [1.165, 1.54) is 6.07 Å². The lowest BCUT2D eigenvalue weighted by Crippen LogP contribution is -2.17. The highest BCUT2D eigenvalue weighted by Crippen LogP contribution is 2.20. The van der Waals surface area contributed by atoms with Gasteiger partial charge in [0.05, 0.1) is 6.42 Å². The van der Waals surface area contributed by atoms with Crippen LogP contribution in [-0.4, -0.2) is 17.2 Å². The van der Waals surface area contributed by atoms with Crippen molar-refractivity contribution in [2.75, 3.05) is 0 Å². The van der Waals surface area contributed by atoms with Crippen LogP contribution in [0.15, 0.2) is 18.2 Å². The molecule has 0 aromatic heterocycles. The fourth-order valence-electron chi connectivity index (χ4n) is 1.21. The van der Waals surface area contributed by atoms with Crippen molar-refractivity contribution >= 4 is 5.97 Å². The zero-order valence-corrected chi connectivity index (χ0v) is 8.66. The van der Waals surface area contributed by atoms with Gasteiger partial charge in [0, 0.05) is 0 Å². The Labute approximate surface area is 87.5 Å². The van der Waals surface area contributed by atoms with Gasteiger partial charge in [-0.25, -0.2) is 4.39 Å². The van der Waals surface area contributed by atoms with Crippen molar-refractivity contribution in [3.05, 3.63) is 29.6 Å². The van der Waals surface area contributed by atoms with Gasteiger partial charge in [-0.1, -0.05) is 6.07 Å². The molecule has 0 unspecified atom stereocenters. The van der Waals surface area contributed by atoms with Gasteiger partial charge in [-0.3, -0.25) is 4.79 Å². The maximum absolute atomic E-state index is 13.2. The summed E-state index contributed by atoms with van der Waals surface area (Å²) in [6, 6.07) is 4.48. The lowest BCUT2D eigenvalue weighted by Gasteiger charge is -2.13. The molecule has 1 aromatic rings. The monoisotopic (exact) mass is 212 g/mol. The molecule has 0 aliphatic rings. The number of ether oxygens (including phenoxy) is 1. The molecule has 1 rings (SSSR count). The van der Waals surface area contributed by atoms with Gasteiger partial charge < -0.3 is 9.84 Å². The van der Waals surface area contributed by atoms with Crippen molar-refractivity contribution in [1.82, 2.24) is 0 Å². The number of hydrogen-bond donors (Lipinski definition) is 1. The predicted molar refractivity (Wildman–Crippen MR) is 53.5 cm³/mol. The molecule has 0 aliphatic carbocycles. The zero-order valence-electron chi connectivity index (χ0n) is 8.66. The van der Waals surface area contributed by atoms with Gasteiger partial charge in [0.1, 0.15) is 6.10 Å². The van der Waals surface area contributed by atoms with Crippen LogP contribution in [0.3, 0.4) is 0 Å². The van der Waals surface area contributed by atoms with Gasteiger partial charge in [0.2, 0.25) is 0 Å². The van der Waals surface area contributed by atoms with Gasteiger partial charge in [-0.2, -0.15) is 0 Å². The number of aryl methyl sites for hydroxylation is 1. The van der Waals surface area contributed by atoms with Gasteiger partial charge in [0.15, 0.2) is 11.6 Å². The number of aliphatic carboxylic acids is 1. The highest BCUT2D eigenvalue weighted by Gasteiger charge is 2.11. The van der Waals surface area contributed by atoms with Crippen LogP contribution in [0.25, 0.3) is 0 Å². The average Bonchev–Trinajstić information content (AvgIpc) is 2.10. The summed E-state index contributed by atoms with van der Waals surface area (Å²) in [6.45, 7) is 3.41. The van der Waals surface area contributed by atoms with Crippen molar-refractivity contribution in [1.29, 1.82) is 0 Å². The number of halogens is 1. The van der Waals surface area contributed by atoms with Crippen molar-refractivity contribution in [3.8, 4) is 5.75 Å². The van der Waals surface area contributed by atoms with E-state index in [4.69, 9.17) is 9.84 Å². The lowest BCUT2D eigenvalue weighted by atomic mass is 10.2. The first kappa shape index (κ1) is 11.5. The van der Waals surface area contributed by atoms with E-state index < -0.39 is 17.9 Å². The molecule has 82 valence electrons. The standard InChI is InChI=1S/C11H13FO3/c1-7-3-4-9(12)10(5-7)15-8(2)6-11(13)14/h3-5,8H,6H2,1-2H3,(H,13,14)/t8-/m0/s1. The van der Waals surface area contributed by atoms with E-state index in [9.17, 15) is 9.18 Å². The molecule has 0 saturated carbocycles. The molecule has 15 heavy (non-hydrogen) atoms. The van der Waals surface area contributed by atoms with E-state index in [-0.39, 0.29) is 12.2 Å². The van der Waals surface area contributed by atoms with E-state index in [0.29, 0.717) is 0 Å². The maximum Gasteiger partial charge on any atom is 0.307 e. The summed E-state index contributed by atoms with van der Waals surface area (Å²) < 4.78 is 18.4. The molecule has 0 spiro atoms. The van der Waals surface area contributed by atoms with Crippen molar-refractivity contribution in [2.24, 2.45) is 0 Å². The molecule has 0 aliphatic heterocycles. The minimum atomic E-state index is -0.962. The SMILES string of the molecule is Cc1ccc(F)c(O[C@@H](C)CC(=O)O)c1. The lowest BCUT2D eigenvalue weighted by molar-refractivity contribution is -0.138. The molecule has 4 heteroatoms. The number of rotatable bonds is 4. The van der Waals surface area contributed by atoms with Crippen LogP contribution in [0.5, 0.6) is 5.75 Å². The first-order chi connectivity index (χ1) is 6.99. The third kappa shape index (κ3) is 3.58. The Hall–Kier alpha value is -1.58. The highest BCUT2D eigenvalue weighted by atomic mass is 19.1. The van der Waals surface area contributed by atoms with E-state index >= 15 is 0 Å². The fourth-order valence-corrected chi connectivity index (χ4v) is 1.21. The Morgan fingerprint density at radius 2 is 2.27 bits per heavy atom. The van der Waals surface area contributed by atoms with Crippen LogP contribution in [0.1, 0.15) is 18.9 Å². The van der Waals surface area contributed by atoms with Crippen molar-refractivity contribution in [3.63, 3.8) is 0 Å². The van der Waals surface area contributed by atoms with Crippen LogP contribution in [0, 0.1) is 12.7 Å². The molecule has 1 atom stereocenters. The van der Waals surface area contributed by atoms with E-state index in [1.54, 1.807) is 19.1 Å². The molecule has 0 heterocycles. The summed E-state index contributed by atoms with van der Waals surface area (Å²) in [4.78, 5) is 10.4. The van der Waals surface area contributed by atoms with E-state index in [1.807, 2.05) is 6.92 Å². The molecule has 0 saturated heterocycles. The largest absolute Gasteiger partial charge is 0.487 e. The zero-order chi connectivity index (χ0) is 11.4. The molecule has 0 amide bonds. The molecule has 3 nitrogen and oxygen atoms in total. The minimum absolute atomic E-state index is 0.101. The molecular formula is C11H13FO3. The predicted octanol–water partition coefficient (Wildman–Crippen LogP) is 2.38. The summed E-state index contributed by atoms with van der Waals surface area (Å²) in [6.07, 6.45) is -0.688. The van der Waals surface area contributed by atoms with Crippen molar-refractivity contribution in [2.45, 2.75) is 26.4 Å². The van der Waals surface area contributed by atoms with Gasteiger partial charge >= 0.3 is 5.97 Å². The molecular weight excluding hydrogens is 199 g/mol. The van der Waals surface area contributed by atoms with Crippen LogP contribution >= 0.6 is 0 Å². The Kier molecular flexibility index (Phi) is 3.66. The van der Waals surface area contributed by atoms with Crippen LogP contribution in [0.4, 0.5) is 4.39 Å². The van der Waals surface area contributed by atoms with Gasteiger partial charge in [0.25, 0.3) is 0 Å². The van der Waals surface area contributed by atoms with Gasteiger partial charge in [-0.15, -0.1) is 0 Å². The Bertz CT molecular complexity index is 363. The summed E-state index contributed by atoms with van der Waals surface area (Å²) >= 11 is 0. The van der Waals surface area contributed by atoms with Crippen LogP contribution in [-0.2, 0) is 4.79 Å². The number of carbonyl (C=O) groups is 1. The Balaban J connectivity index is 2.71. The second kappa shape index (κ2) is 4.77.